The van der Waals surface area contributed by atoms with Gasteiger partial charge in [0, 0.05) is 43.6 Å². The third kappa shape index (κ3) is 3.30. The van der Waals surface area contributed by atoms with E-state index in [1.807, 2.05) is 12.1 Å². The van der Waals surface area contributed by atoms with Crippen LogP contribution < -0.4 is 0 Å². The molecule has 6 aromatic carbocycles. The van der Waals surface area contributed by atoms with Gasteiger partial charge in [0.25, 0.3) is 0 Å². The van der Waals surface area contributed by atoms with Crippen LogP contribution in [0.4, 0.5) is 0 Å². The van der Waals surface area contributed by atoms with Crippen molar-refractivity contribution in [2.75, 3.05) is 0 Å². The maximum absolute atomic E-state index is 5.18. The molecule has 0 fully saturated rings. The summed E-state index contributed by atoms with van der Waals surface area (Å²) in [6.07, 6.45) is 0. The molecule has 0 aliphatic rings. The van der Waals surface area contributed by atoms with E-state index in [4.69, 9.17) is 15.0 Å². The Kier molecular flexibility index (Phi) is 4.84. The zero-order valence-corrected chi connectivity index (χ0v) is 24.2. The maximum Gasteiger partial charge on any atom is 0.160 e. The summed E-state index contributed by atoms with van der Waals surface area (Å²) in [5.74, 6) is 0.726. The van der Waals surface area contributed by atoms with Crippen molar-refractivity contribution in [3.05, 3.63) is 133 Å². The van der Waals surface area contributed by atoms with Crippen molar-refractivity contribution in [1.82, 2.24) is 19.4 Å². The number of para-hydroxylation sites is 2. The van der Waals surface area contributed by atoms with Crippen LogP contribution in [0.5, 0.6) is 0 Å². The van der Waals surface area contributed by atoms with E-state index in [0.717, 1.165) is 49.6 Å². The van der Waals surface area contributed by atoms with Gasteiger partial charge in [-0.3, -0.25) is 0 Å². The second-order valence-corrected chi connectivity index (χ2v) is 12.2. The molecule has 0 amide bonds. The topological polar surface area (TPSA) is 43.1 Å². The average Bonchev–Trinajstić information content (AvgIpc) is 3.77. The fourth-order valence-corrected chi connectivity index (χ4v) is 7.92. The van der Waals surface area contributed by atoms with Gasteiger partial charge in [0.2, 0.25) is 0 Å². The van der Waals surface area contributed by atoms with Gasteiger partial charge in [0.15, 0.2) is 5.82 Å². The van der Waals surface area contributed by atoms with Crippen molar-refractivity contribution in [3.63, 3.8) is 0 Å². The van der Waals surface area contributed by atoms with Gasteiger partial charge in [-0.2, -0.15) is 0 Å². The van der Waals surface area contributed by atoms with E-state index >= 15 is 0 Å². The van der Waals surface area contributed by atoms with E-state index in [2.05, 4.69) is 126 Å². The Balaban J connectivity index is 1.30. The number of hydrogen-bond acceptors (Lipinski definition) is 4. The Morgan fingerprint density at radius 1 is 0.477 bits per heavy atom. The van der Waals surface area contributed by atoms with Crippen LogP contribution in [-0.4, -0.2) is 19.4 Å². The van der Waals surface area contributed by atoms with Crippen LogP contribution in [0.2, 0.25) is 0 Å². The highest BCUT2D eigenvalue weighted by molar-refractivity contribution is 7.22. The normalized spacial score (nSPS) is 12.1. The third-order valence-corrected chi connectivity index (χ3v) is 9.89. The molecular weight excluding hydrogens is 557 g/mol. The van der Waals surface area contributed by atoms with Crippen molar-refractivity contribution in [1.29, 1.82) is 0 Å². The molecular formula is C39H22N4S. The summed E-state index contributed by atoms with van der Waals surface area (Å²) in [5.41, 5.74) is 9.79. The van der Waals surface area contributed by atoms with Crippen molar-refractivity contribution in [3.8, 4) is 33.2 Å². The number of fused-ring (bicyclic) bond motifs is 9. The highest BCUT2D eigenvalue weighted by atomic mass is 32.1. The van der Waals surface area contributed by atoms with Gasteiger partial charge >= 0.3 is 0 Å². The Morgan fingerprint density at radius 2 is 1.18 bits per heavy atom. The molecule has 0 saturated carbocycles. The van der Waals surface area contributed by atoms with Crippen LogP contribution in [0, 0.1) is 0 Å². The first-order valence-corrected chi connectivity index (χ1v) is 15.5. The monoisotopic (exact) mass is 578 g/mol. The van der Waals surface area contributed by atoms with Crippen LogP contribution in [0.3, 0.4) is 0 Å². The predicted octanol–water partition coefficient (Wildman–Crippen LogP) is 10.4. The smallest absolute Gasteiger partial charge is 0.160 e. The molecule has 0 unspecified atom stereocenters. The van der Waals surface area contributed by atoms with Crippen molar-refractivity contribution in [2.45, 2.75) is 0 Å². The first-order valence-electron chi connectivity index (χ1n) is 14.7. The van der Waals surface area contributed by atoms with E-state index in [1.165, 1.54) is 42.8 Å². The largest absolute Gasteiger partial charge is 0.308 e. The number of rotatable bonds is 3. The van der Waals surface area contributed by atoms with Crippen LogP contribution in [-0.2, 0) is 0 Å². The number of thiazole rings is 1. The Hall–Kier alpha value is -5.65. The summed E-state index contributed by atoms with van der Waals surface area (Å²) in [4.78, 5) is 15.4. The fraction of sp³-hybridized carbons (Fsp3) is 0. The molecule has 0 spiro atoms. The lowest BCUT2D eigenvalue weighted by Gasteiger charge is -2.09. The Labute approximate surface area is 255 Å². The first-order chi connectivity index (χ1) is 21.8. The molecule has 0 bridgehead atoms. The molecule has 10 rings (SSSR count). The minimum Gasteiger partial charge on any atom is -0.308 e. The molecule has 4 aromatic heterocycles. The average molecular weight is 579 g/mol. The van der Waals surface area contributed by atoms with Crippen molar-refractivity contribution < 1.29 is 0 Å². The summed E-state index contributed by atoms with van der Waals surface area (Å²) >= 11 is 1.77. The second kappa shape index (κ2) is 8.93. The van der Waals surface area contributed by atoms with E-state index in [9.17, 15) is 0 Å². The Bertz CT molecular complexity index is 2710. The van der Waals surface area contributed by atoms with Crippen molar-refractivity contribution >= 4 is 70.6 Å². The summed E-state index contributed by atoms with van der Waals surface area (Å²) in [6.45, 7) is 0. The molecule has 204 valence electrons. The van der Waals surface area contributed by atoms with E-state index < -0.39 is 0 Å². The molecule has 44 heavy (non-hydrogen) atoms. The molecule has 0 saturated heterocycles. The highest BCUT2D eigenvalue weighted by Crippen LogP contribution is 2.46. The van der Waals surface area contributed by atoms with Gasteiger partial charge in [-0.15, -0.1) is 11.3 Å². The standard InChI is InChI=1S/C39H22N4S/c1-3-11-23(12-4-1)35-27-16-7-9-17-30(27)40-38(42-35)25-19-20-33-29(21-25)34-36-28(26-15-8-10-18-32(26)43(33)36)22-31-37(34)44-39(41-31)24-13-5-2-6-14-24/h1-22H. The van der Waals surface area contributed by atoms with Gasteiger partial charge < -0.3 is 4.40 Å². The Morgan fingerprint density at radius 3 is 2.02 bits per heavy atom. The van der Waals surface area contributed by atoms with Crippen LogP contribution in [0.1, 0.15) is 0 Å². The van der Waals surface area contributed by atoms with Gasteiger partial charge in [0.05, 0.1) is 38.0 Å². The predicted molar refractivity (Wildman–Crippen MR) is 184 cm³/mol. The molecule has 0 atom stereocenters. The number of hydrogen-bond donors (Lipinski definition) is 0. The molecule has 0 radical (unpaired) electrons. The lowest BCUT2D eigenvalue weighted by Crippen LogP contribution is -1.95. The van der Waals surface area contributed by atoms with Crippen molar-refractivity contribution in [2.24, 2.45) is 0 Å². The van der Waals surface area contributed by atoms with E-state index in [-0.39, 0.29) is 0 Å². The number of aromatic nitrogens is 4. The summed E-state index contributed by atoms with van der Waals surface area (Å²) in [5, 5.41) is 7.01. The third-order valence-electron chi connectivity index (χ3n) is 8.75. The molecule has 10 aromatic rings. The summed E-state index contributed by atoms with van der Waals surface area (Å²) in [6, 6.07) is 46.8. The number of benzene rings is 6. The number of nitrogens with zero attached hydrogens (tertiary/aromatic N) is 4. The highest BCUT2D eigenvalue weighted by Gasteiger charge is 2.23. The van der Waals surface area contributed by atoms with Crippen LogP contribution in [0.25, 0.3) is 92.4 Å². The quantitative estimate of drug-likeness (QED) is 0.209. The molecule has 5 heteroatoms. The summed E-state index contributed by atoms with van der Waals surface area (Å²) < 4.78 is 3.64. The first kappa shape index (κ1) is 23.9. The summed E-state index contributed by atoms with van der Waals surface area (Å²) in [7, 11) is 0. The van der Waals surface area contributed by atoms with Gasteiger partial charge in [-0.1, -0.05) is 97.1 Å². The molecule has 0 N–H and O–H groups in total. The second-order valence-electron chi connectivity index (χ2n) is 11.2. The molecule has 4 nitrogen and oxygen atoms in total. The van der Waals surface area contributed by atoms with Crippen LogP contribution in [0.15, 0.2) is 133 Å². The van der Waals surface area contributed by atoms with Gasteiger partial charge in [0.1, 0.15) is 5.01 Å². The lowest BCUT2D eigenvalue weighted by atomic mass is 10.0. The van der Waals surface area contributed by atoms with Gasteiger partial charge in [-0.25, -0.2) is 15.0 Å². The fourth-order valence-electron chi connectivity index (χ4n) is 6.81. The zero-order chi connectivity index (χ0) is 28.8. The minimum absolute atomic E-state index is 0.726. The molecule has 4 heterocycles. The zero-order valence-electron chi connectivity index (χ0n) is 23.4. The lowest BCUT2D eigenvalue weighted by molar-refractivity contribution is 1.23. The SMILES string of the molecule is c1ccc(-c2nc3cc4c5ccccc5n5c6ccc(-c7nc(-c8ccccc8)c8ccccc8n7)cc6c(c3s2)c45)cc1. The van der Waals surface area contributed by atoms with Gasteiger partial charge in [-0.05, 0) is 36.4 Å². The van der Waals surface area contributed by atoms with E-state index in [0.29, 0.717) is 0 Å². The molecule has 0 aliphatic carbocycles. The van der Waals surface area contributed by atoms with E-state index in [1.54, 1.807) is 11.3 Å². The van der Waals surface area contributed by atoms with Crippen LogP contribution >= 0.6 is 11.3 Å². The minimum atomic E-state index is 0.726. The molecule has 0 aliphatic heterocycles. The maximum atomic E-state index is 5.18.